The van der Waals surface area contributed by atoms with Crippen molar-refractivity contribution in [2.75, 3.05) is 18.8 Å². The van der Waals surface area contributed by atoms with Crippen LogP contribution in [0.25, 0.3) is 0 Å². The molecule has 10 heteroatoms. The Labute approximate surface area is 163 Å². The molecule has 9 nitrogen and oxygen atoms in total. The van der Waals surface area contributed by atoms with Gasteiger partial charge < -0.3 is 9.42 Å². The summed E-state index contributed by atoms with van der Waals surface area (Å²) >= 11 is 0. The maximum Gasteiger partial charge on any atom is 0.255 e. The Balaban J connectivity index is 1.62. The molecule has 2 aromatic rings. The van der Waals surface area contributed by atoms with E-state index in [1.165, 1.54) is 0 Å². The highest BCUT2D eigenvalue weighted by Gasteiger charge is 2.58. The van der Waals surface area contributed by atoms with Crippen molar-refractivity contribution < 1.29 is 17.7 Å². The van der Waals surface area contributed by atoms with Gasteiger partial charge in [0.15, 0.2) is 5.82 Å². The number of likely N-dealkylation sites (tertiary alicyclic amines) is 1. The van der Waals surface area contributed by atoms with Gasteiger partial charge in [0.25, 0.3) is 5.91 Å². The number of fused-ring (bicyclic) bond motifs is 1. The summed E-state index contributed by atoms with van der Waals surface area (Å²) in [7, 11) is -3.32. The second-order valence-corrected chi connectivity index (χ2v) is 9.63. The molecule has 1 saturated heterocycles. The number of rotatable bonds is 5. The van der Waals surface area contributed by atoms with Gasteiger partial charge in [-0.2, -0.15) is 4.98 Å². The minimum absolute atomic E-state index is 0.0342. The van der Waals surface area contributed by atoms with E-state index < -0.39 is 15.4 Å². The molecule has 150 valence electrons. The smallest absolute Gasteiger partial charge is 0.255 e. The number of sulfonamides is 1. The first-order valence-corrected chi connectivity index (χ1v) is 11.0. The van der Waals surface area contributed by atoms with Crippen molar-refractivity contribution >= 4 is 15.9 Å². The van der Waals surface area contributed by atoms with Gasteiger partial charge >= 0.3 is 0 Å². The van der Waals surface area contributed by atoms with Crippen LogP contribution in [0, 0.1) is 12.8 Å². The molecule has 1 aliphatic heterocycles. The monoisotopic (exact) mass is 405 g/mol. The molecule has 1 aliphatic carbocycles. The third kappa shape index (κ3) is 3.30. The quantitative estimate of drug-likeness (QED) is 0.784. The Kier molecular flexibility index (Phi) is 4.70. The van der Waals surface area contributed by atoms with Gasteiger partial charge in [0.2, 0.25) is 15.9 Å². The van der Waals surface area contributed by atoms with E-state index in [1.807, 2.05) is 0 Å². The number of amides is 1. The molecular weight excluding hydrogens is 382 g/mol. The van der Waals surface area contributed by atoms with E-state index in [4.69, 9.17) is 4.52 Å². The summed E-state index contributed by atoms with van der Waals surface area (Å²) in [6, 6.07) is 3.26. The van der Waals surface area contributed by atoms with Crippen LogP contribution in [0.5, 0.6) is 0 Å². The van der Waals surface area contributed by atoms with E-state index in [-0.39, 0.29) is 23.6 Å². The van der Waals surface area contributed by atoms with Crippen LogP contribution in [-0.4, -0.2) is 59.2 Å². The fourth-order valence-electron chi connectivity index (χ4n) is 4.46. The van der Waals surface area contributed by atoms with Crippen LogP contribution in [0.15, 0.2) is 29.0 Å². The van der Waals surface area contributed by atoms with Crippen LogP contribution in [0.3, 0.4) is 0 Å². The average Bonchev–Trinajstić information content (AvgIpc) is 3.34. The van der Waals surface area contributed by atoms with Gasteiger partial charge in [0.05, 0.1) is 16.7 Å². The van der Waals surface area contributed by atoms with Gasteiger partial charge in [-0.05, 0) is 44.7 Å². The first-order chi connectivity index (χ1) is 13.3. The van der Waals surface area contributed by atoms with Gasteiger partial charge in [-0.1, -0.05) is 5.16 Å². The Hall–Kier alpha value is -2.33. The van der Waals surface area contributed by atoms with E-state index in [0.29, 0.717) is 43.2 Å². The van der Waals surface area contributed by atoms with Crippen LogP contribution in [0.1, 0.15) is 41.8 Å². The molecule has 0 aromatic carbocycles. The number of carbonyl (C=O) groups is 1. The van der Waals surface area contributed by atoms with Gasteiger partial charge in [-0.3, -0.25) is 9.78 Å². The Morgan fingerprint density at radius 3 is 2.93 bits per heavy atom. The van der Waals surface area contributed by atoms with E-state index in [0.717, 1.165) is 0 Å². The van der Waals surface area contributed by atoms with Crippen LogP contribution in [0.2, 0.25) is 0 Å². The lowest BCUT2D eigenvalue weighted by Gasteiger charge is -2.25. The van der Waals surface area contributed by atoms with Crippen LogP contribution in [-0.2, 0) is 15.4 Å². The number of aryl methyl sites for hydroxylation is 1. The van der Waals surface area contributed by atoms with Crippen molar-refractivity contribution in [1.29, 1.82) is 0 Å². The molecular formula is C18H23N5O4S. The molecule has 1 saturated carbocycles. The predicted octanol–water partition coefficient (Wildman–Crippen LogP) is 0.885. The molecule has 1 unspecified atom stereocenters. The summed E-state index contributed by atoms with van der Waals surface area (Å²) in [6.45, 7) is 4.29. The molecule has 28 heavy (non-hydrogen) atoms. The van der Waals surface area contributed by atoms with Crippen molar-refractivity contribution in [3.05, 3.63) is 41.8 Å². The minimum Gasteiger partial charge on any atom is -0.339 e. The van der Waals surface area contributed by atoms with Crippen molar-refractivity contribution in [3.8, 4) is 0 Å². The lowest BCUT2D eigenvalue weighted by atomic mass is 9.80. The first-order valence-electron chi connectivity index (χ1n) is 9.33. The Bertz CT molecular complexity index is 977. The van der Waals surface area contributed by atoms with Crippen LogP contribution < -0.4 is 4.72 Å². The summed E-state index contributed by atoms with van der Waals surface area (Å²) in [5.41, 5.74) is -0.0115. The summed E-state index contributed by atoms with van der Waals surface area (Å²) in [4.78, 5) is 23.2. The largest absolute Gasteiger partial charge is 0.339 e. The highest BCUT2D eigenvalue weighted by Crippen LogP contribution is 2.50. The van der Waals surface area contributed by atoms with Crippen LogP contribution in [0.4, 0.5) is 0 Å². The topological polar surface area (TPSA) is 118 Å². The highest BCUT2D eigenvalue weighted by molar-refractivity contribution is 7.89. The molecule has 4 rings (SSSR count). The second kappa shape index (κ2) is 6.93. The summed E-state index contributed by atoms with van der Waals surface area (Å²) in [6.07, 6.45) is 4.33. The van der Waals surface area contributed by atoms with E-state index >= 15 is 0 Å². The fraction of sp³-hybridized carbons (Fsp3) is 0.556. The SMILES string of the molecule is CCS(=O)(=O)N[C@@H]1CC2CN(C(=O)c3cccnc3)C[C@@]2(c2nc(C)no2)C1. The number of hydrogen-bond donors (Lipinski definition) is 1. The average molecular weight is 405 g/mol. The van der Waals surface area contributed by atoms with E-state index in [9.17, 15) is 13.2 Å². The minimum atomic E-state index is -3.32. The zero-order chi connectivity index (χ0) is 19.9. The lowest BCUT2D eigenvalue weighted by Crippen LogP contribution is -2.40. The van der Waals surface area contributed by atoms with E-state index in [1.54, 1.807) is 43.3 Å². The molecule has 0 radical (unpaired) electrons. The number of nitrogens with zero attached hydrogens (tertiary/aromatic N) is 4. The third-order valence-corrected chi connectivity index (χ3v) is 7.20. The molecule has 2 aliphatic rings. The Morgan fingerprint density at radius 2 is 2.29 bits per heavy atom. The summed E-state index contributed by atoms with van der Waals surface area (Å²) in [5, 5.41) is 3.92. The van der Waals surface area contributed by atoms with Crippen molar-refractivity contribution in [3.63, 3.8) is 0 Å². The lowest BCUT2D eigenvalue weighted by molar-refractivity contribution is 0.0773. The highest BCUT2D eigenvalue weighted by atomic mass is 32.2. The maximum absolute atomic E-state index is 12.9. The number of nitrogens with one attached hydrogen (secondary N) is 1. The predicted molar refractivity (Wildman–Crippen MR) is 100.0 cm³/mol. The van der Waals surface area contributed by atoms with Crippen molar-refractivity contribution in [1.82, 2.24) is 24.7 Å². The van der Waals surface area contributed by atoms with Gasteiger partial charge in [-0.25, -0.2) is 13.1 Å². The zero-order valence-electron chi connectivity index (χ0n) is 15.8. The molecule has 0 spiro atoms. The number of carbonyl (C=O) groups excluding carboxylic acids is 1. The molecule has 0 bridgehead atoms. The standard InChI is InChI=1S/C18H23N5O4S/c1-3-28(25,26)22-15-7-14-10-23(16(24)13-5-4-6-19-9-13)11-18(14,8-15)17-20-12(2)21-27-17/h4-6,9,14-15,22H,3,7-8,10-11H2,1-2H3/t14?,15-,18+/m1/s1. The normalized spacial score (nSPS) is 27.1. The number of hydrogen-bond acceptors (Lipinski definition) is 7. The molecule has 1 amide bonds. The Morgan fingerprint density at radius 1 is 1.46 bits per heavy atom. The first kappa shape index (κ1) is 19.0. The van der Waals surface area contributed by atoms with Crippen LogP contribution >= 0.6 is 0 Å². The molecule has 3 atom stereocenters. The van der Waals surface area contributed by atoms with Crippen molar-refractivity contribution in [2.24, 2.45) is 5.92 Å². The summed E-state index contributed by atoms with van der Waals surface area (Å²) in [5.74, 6) is 0.987. The third-order valence-electron chi connectivity index (χ3n) is 5.75. The molecule has 2 fully saturated rings. The summed E-state index contributed by atoms with van der Waals surface area (Å²) < 4.78 is 32.4. The molecule has 2 aromatic heterocycles. The second-order valence-electron chi connectivity index (χ2n) is 7.59. The fourth-order valence-corrected chi connectivity index (χ4v) is 5.31. The van der Waals surface area contributed by atoms with Gasteiger partial charge in [-0.15, -0.1) is 0 Å². The molecule has 1 N–H and O–H groups in total. The van der Waals surface area contributed by atoms with Gasteiger partial charge in [0, 0.05) is 31.5 Å². The maximum atomic E-state index is 12.9. The number of pyridine rings is 1. The van der Waals surface area contributed by atoms with Crippen molar-refractivity contribution in [2.45, 2.75) is 38.1 Å². The molecule has 3 heterocycles. The van der Waals surface area contributed by atoms with E-state index in [2.05, 4.69) is 19.8 Å². The number of aromatic nitrogens is 3. The van der Waals surface area contributed by atoms with Gasteiger partial charge in [0.1, 0.15) is 0 Å². The zero-order valence-corrected chi connectivity index (χ0v) is 16.6.